The van der Waals surface area contributed by atoms with E-state index in [1.165, 1.54) is 13.0 Å². The number of benzene rings is 1. The van der Waals surface area contributed by atoms with Crippen LogP contribution in [0.2, 0.25) is 0 Å². The van der Waals surface area contributed by atoms with Gasteiger partial charge in [-0.3, -0.25) is 14.9 Å². The van der Waals surface area contributed by atoms with Crippen molar-refractivity contribution in [1.29, 1.82) is 0 Å². The molecule has 0 saturated carbocycles. The molecule has 5 nitrogen and oxygen atoms in total. The van der Waals surface area contributed by atoms with E-state index in [4.69, 9.17) is 0 Å². The lowest BCUT2D eigenvalue weighted by molar-refractivity contribution is 0.0879. The monoisotopic (exact) mass is 287 g/mol. The van der Waals surface area contributed by atoms with E-state index in [0.717, 1.165) is 31.6 Å². The summed E-state index contributed by atoms with van der Waals surface area (Å²) in [6, 6.07) is 5.84. The molecular formula is C16H21N3O2. The third-order valence-electron chi connectivity index (χ3n) is 4.23. The van der Waals surface area contributed by atoms with Crippen LogP contribution in [0.5, 0.6) is 0 Å². The predicted molar refractivity (Wildman–Crippen MR) is 81.6 cm³/mol. The van der Waals surface area contributed by atoms with Crippen molar-refractivity contribution in [3.8, 4) is 0 Å². The fourth-order valence-electron chi connectivity index (χ4n) is 3.11. The van der Waals surface area contributed by atoms with Crippen LogP contribution in [0.15, 0.2) is 18.2 Å². The summed E-state index contributed by atoms with van der Waals surface area (Å²) in [6.07, 6.45) is 3.43. The first kappa shape index (κ1) is 14.1. The van der Waals surface area contributed by atoms with E-state index < -0.39 is 0 Å². The predicted octanol–water partition coefficient (Wildman–Crippen LogP) is 1.86. The lowest BCUT2D eigenvalue weighted by Crippen LogP contribution is -2.39. The first-order valence-corrected chi connectivity index (χ1v) is 7.66. The van der Waals surface area contributed by atoms with Crippen LogP contribution < -0.4 is 10.6 Å². The summed E-state index contributed by atoms with van der Waals surface area (Å²) < 4.78 is 0. The molecule has 0 unspecified atom stereocenters. The Balaban J connectivity index is 1.63. The van der Waals surface area contributed by atoms with Crippen molar-refractivity contribution in [1.82, 2.24) is 10.2 Å². The Kier molecular flexibility index (Phi) is 3.92. The summed E-state index contributed by atoms with van der Waals surface area (Å²) in [5.74, 6) is -0.592. The Bertz CT molecular complexity index is 563. The van der Waals surface area contributed by atoms with Gasteiger partial charge in [-0.05, 0) is 44.0 Å². The van der Waals surface area contributed by atoms with Crippen LogP contribution in [-0.2, 0) is 0 Å². The third-order valence-corrected chi connectivity index (χ3v) is 4.23. The minimum absolute atomic E-state index is 0.295. The van der Waals surface area contributed by atoms with Crippen LogP contribution in [-0.4, -0.2) is 42.4 Å². The largest absolute Gasteiger partial charge is 0.382 e. The summed E-state index contributed by atoms with van der Waals surface area (Å²) in [4.78, 5) is 25.7. The zero-order chi connectivity index (χ0) is 14.8. The number of carbonyl (C=O) groups is 2. The zero-order valence-electron chi connectivity index (χ0n) is 12.3. The SMILES string of the molecule is CCCN1CCC(Nc2ccc3c(c2)C(=O)NC3=O)CC1. The minimum atomic E-state index is -0.297. The van der Waals surface area contributed by atoms with Gasteiger partial charge in [0, 0.05) is 24.8 Å². The fraction of sp³-hybridized carbons (Fsp3) is 0.500. The van der Waals surface area contributed by atoms with E-state index in [-0.39, 0.29) is 11.8 Å². The topological polar surface area (TPSA) is 61.4 Å². The van der Waals surface area contributed by atoms with Gasteiger partial charge < -0.3 is 10.2 Å². The molecule has 0 aliphatic carbocycles. The quantitative estimate of drug-likeness (QED) is 0.830. The van der Waals surface area contributed by atoms with Crippen LogP contribution in [0.3, 0.4) is 0 Å². The highest BCUT2D eigenvalue weighted by atomic mass is 16.2. The molecule has 2 heterocycles. The summed E-state index contributed by atoms with van der Waals surface area (Å²) in [5.41, 5.74) is 1.88. The number of amides is 2. The molecule has 2 amide bonds. The summed E-state index contributed by atoms with van der Waals surface area (Å²) in [5, 5.41) is 5.81. The highest BCUT2D eigenvalue weighted by Crippen LogP contribution is 2.22. The molecule has 0 aromatic heterocycles. The van der Waals surface area contributed by atoms with Crippen LogP contribution in [0.25, 0.3) is 0 Å². The van der Waals surface area contributed by atoms with Gasteiger partial charge in [-0.15, -0.1) is 0 Å². The third kappa shape index (κ3) is 2.93. The summed E-state index contributed by atoms with van der Waals surface area (Å²) in [6.45, 7) is 5.62. The number of hydrogen-bond donors (Lipinski definition) is 2. The van der Waals surface area contributed by atoms with Gasteiger partial charge >= 0.3 is 0 Å². The van der Waals surface area contributed by atoms with Gasteiger partial charge in [0.1, 0.15) is 0 Å². The van der Waals surface area contributed by atoms with Gasteiger partial charge in [-0.1, -0.05) is 6.92 Å². The molecule has 1 aromatic carbocycles. The maximum absolute atomic E-state index is 11.7. The summed E-state index contributed by atoms with van der Waals surface area (Å²) >= 11 is 0. The standard InChI is InChI=1S/C16H21N3O2/c1-2-7-19-8-5-11(6-9-19)17-12-3-4-13-14(10-12)16(21)18-15(13)20/h3-4,10-11,17H,2,5-9H2,1H3,(H,18,20,21). The van der Waals surface area contributed by atoms with Crippen LogP contribution in [0.1, 0.15) is 46.9 Å². The van der Waals surface area contributed by atoms with Crippen LogP contribution in [0, 0.1) is 0 Å². The van der Waals surface area contributed by atoms with Crippen molar-refractivity contribution < 1.29 is 9.59 Å². The van der Waals surface area contributed by atoms with E-state index in [0.29, 0.717) is 17.2 Å². The maximum Gasteiger partial charge on any atom is 0.259 e. The average molecular weight is 287 g/mol. The number of rotatable bonds is 4. The normalized spacial score (nSPS) is 19.5. The molecule has 5 heteroatoms. The second-order valence-corrected chi connectivity index (χ2v) is 5.80. The van der Waals surface area contributed by atoms with Crippen molar-refractivity contribution >= 4 is 17.5 Å². The fourth-order valence-corrected chi connectivity index (χ4v) is 3.11. The van der Waals surface area contributed by atoms with E-state index in [9.17, 15) is 9.59 Å². The number of nitrogens with zero attached hydrogens (tertiary/aromatic N) is 1. The molecule has 1 fully saturated rings. The van der Waals surface area contributed by atoms with Gasteiger partial charge in [0.15, 0.2) is 0 Å². The maximum atomic E-state index is 11.7. The first-order valence-electron chi connectivity index (χ1n) is 7.66. The molecule has 2 aliphatic rings. The second-order valence-electron chi connectivity index (χ2n) is 5.80. The highest BCUT2D eigenvalue weighted by Gasteiger charge is 2.27. The molecule has 2 N–H and O–H groups in total. The van der Waals surface area contributed by atoms with Gasteiger partial charge in [-0.25, -0.2) is 0 Å². The average Bonchev–Trinajstić information content (AvgIpc) is 2.76. The number of carbonyl (C=O) groups excluding carboxylic acids is 2. The number of anilines is 1. The summed E-state index contributed by atoms with van der Waals surface area (Å²) in [7, 11) is 0. The van der Waals surface area contributed by atoms with Gasteiger partial charge in [-0.2, -0.15) is 0 Å². The zero-order valence-corrected chi connectivity index (χ0v) is 12.3. The lowest BCUT2D eigenvalue weighted by Gasteiger charge is -2.32. The number of hydrogen-bond acceptors (Lipinski definition) is 4. The Morgan fingerprint density at radius 3 is 2.62 bits per heavy atom. The highest BCUT2D eigenvalue weighted by molar-refractivity contribution is 6.21. The van der Waals surface area contributed by atoms with Crippen molar-refractivity contribution in [2.24, 2.45) is 0 Å². The van der Waals surface area contributed by atoms with Crippen molar-refractivity contribution in [2.45, 2.75) is 32.2 Å². The minimum Gasteiger partial charge on any atom is -0.382 e. The Hall–Kier alpha value is -1.88. The van der Waals surface area contributed by atoms with Crippen molar-refractivity contribution in [3.63, 3.8) is 0 Å². The number of likely N-dealkylation sites (tertiary alicyclic amines) is 1. The lowest BCUT2D eigenvalue weighted by atomic mass is 10.0. The van der Waals surface area contributed by atoms with E-state index in [1.807, 2.05) is 6.07 Å². The van der Waals surface area contributed by atoms with E-state index in [2.05, 4.69) is 22.5 Å². The van der Waals surface area contributed by atoms with Gasteiger partial charge in [0.2, 0.25) is 0 Å². The van der Waals surface area contributed by atoms with Crippen LogP contribution >= 0.6 is 0 Å². The molecule has 0 bridgehead atoms. The Labute approximate surface area is 124 Å². The smallest absolute Gasteiger partial charge is 0.259 e. The Morgan fingerprint density at radius 2 is 1.90 bits per heavy atom. The van der Waals surface area contributed by atoms with E-state index in [1.54, 1.807) is 12.1 Å². The molecule has 1 aromatic rings. The molecule has 3 rings (SSSR count). The molecule has 0 radical (unpaired) electrons. The number of nitrogens with one attached hydrogen (secondary N) is 2. The number of fused-ring (bicyclic) bond motifs is 1. The van der Waals surface area contributed by atoms with Gasteiger partial charge in [0.25, 0.3) is 11.8 Å². The molecule has 112 valence electrons. The Morgan fingerprint density at radius 1 is 1.19 bits per heavy atom. The van der Waals surface area contributed by atoms with Gasteiger partial charge in [0.05, 0.1) is 11.1 Å². The molecule has 21 heavy (non-hydrogen) atoms. The van der Waals surface area contributed by atoms with Crippen molar-refractivity contribution in [3.05, 3.63) is 29.3 Å². The van der Waals surface area contributed by atoms with Crippen molar-refractivity contribution in [2.75, 3.05) is 25.0 Å². The molecule has 2 aliphatic heterocycles. The molecule has 1 saturated heterocycles. The molecule has 0 atom stereocenters. The molecular weight excluding hydrogens is 266 g/mol. The van der Waals surface area contributed by atoms with Crippen LogP contribution in [0.4, 0.5) is 5.69 Å². The number of imide groups is 1. The molecule has 0 spiro atoms. The number of piperidine rings is 1. The van der Waals surface area contributed by atoms with E-state index >= 15 is 0 Å². The second kappa shape index (κ2) is 5.85. The first-order chi connectivity index (χ1) is 10.2.